The Balaban J connectivity index is 2.07. The van der Waals surface area contributed by atoms with E-state index in [9.17, 15) is 8.42 Å². The van der Waals surface area contributed by atoms with Gasteiger partial charge in [0.2, 0.25) is 16.0 Å². The van der Waals surface area contributed by atoms with Crippen molar-refractivity contribution in [3.8, 4) is 0 Å². The lowest BCUT2D eigenvalue weighted by Gasteiger charge is -2.26. The molecule has 1 aliphatic rings. The first-order chi connectivity index (χ1) is 9.54. The van der Waals surface area contributed by atoms with Gasteiger partial charge in [-0.3, -0.25) is 5.43 Å². The second-order valence-electron chi connectivity index (χ2n) is 4.73. The zero-order valence-corrected chi connectivity index (χ0v) is 12.1. The van der Waals surface area contributed by atoms with Crippen LogP contribution in [0.3, 0.4) is 0 Å². The van der Waals surface area contributed by atoms with Gasteiger partial charge in [0.05, 0.1) is 12.4 Å². The Morgan fingerprint density at radius 3 is 2.55 bits per heavy atom. The number of nitrogens with two attached hydrogens (primary N) is 1. The van der Waals surface area contributed by atoms with Crippen LogP contribution in [0.15, 0.2) is 17.3 Å². The highest BCUT2D eigenvalue weighted by Gasteiger charge is 2.25. The van der Waals surface area contributed by atoms with Crippen molar-refractivity contribution in [1.82, 2.24) is 14.3 Å². The molecule has 8 nitrogen and oxygen atoms in total. The quantitative estimate of drug-likeness (QED) is 0.573. The van der Waals surface area contributed by atoms with E-state index >= 15 is 0 Å². The Kier molecular flexibility index (Phi) is 4.86. The highest BCUT2D eigenvalue weighted by molar-refractivity contribution is 7.89. The van der Waals surface area contributed by atoms with Gasteiger partial charge in [-0.15, -0.1) is 0 Å². The van der Waals surface area contributed by atoms with Crippen LogP contribution in [0, 0.1) is 5.92 Å². The van der Waals surface area contributed by atoms with Gasteiger partial charge in [0, 0.05) is 26.8 Å². The van der Waals surface area contributed by atoms with E-state index in [1.165, 1.54) is 16.7 Å². The van der Waals surface area contributed by atoms with E-state index < -0.39 is 10.0 Å². The van der Waals surface area contributed by atoms with Crippen molar-refractivity contribution in [3.63, 3.8) is 0 Å². The molecule has 1 aromatic rings. The normalized spacial score (nSPS) is 17.4. The van der Waals surface area contributed by atoms with Crippen LogP contribution in [0.2, 0.25) is 0 Å². The van der Waals surface area contributed by atoms with Crippen LogP contribution in [0.1, 0.15) is 12.8 Å². The van der Waals surface area contributed by atoms with Gasteiger partial charge < -0.3 is 4.74 Å². The van der Waals surface area contributed by atoms with Gasteiger partial charge in [0.25, 0.3) is 0 Å². The average Bonchev–Trinajstić information content (AvgIpc) is 2.48. The van der Waals surface area contributed by atoms with E-state index in [2.05, 4.69) is 15.4 Å². The predicted octanol–water partition coefficient (Wildman–Crippen LogP) is -0.191. The van der Waals surface area contributed by atoms with Crippen LogP contribution in [0.4, 0.5) is 5.95 Å². The third kappa shape index (κ3) is 3.42. The highest BCUT2D eigenvalue weighted by atomic mass is 32.2. The molecule has 1 aromatic heterocycles. The van der Waals surface area contributed by atoms with Gasteiger partial charge in [0.1, 0.15) is 4.90 Å². The Morgan fingerprint density at radius 2 is 2.00 bits per heavy atom. The van der Waals surface area contributed by atoms with Crippen LogP contribution < -0.4 is 11.3 Å². The zero-order valence-electron chi connectivity index (χ0n) is 11.3. The summed E-state index contributed by atoms with van der Waals surface area (Å²) in [6.07, 6.45) is 4.26. The molecule has 0 saturated carbocycles. The number of nitrogen functional groups attached to an aromatic ring is 1. The van der Waals surface area contributed by atoms with Gasteiger partial charge in [0.15, 0.2) is 0 Å². The zero-order chi connectivity index (χ0) is 14.6. The smallest absolute Gasteiger partial charge is 0.245 e. The second-order valence-corrected chi connectivity index (χ2v) is 6.77. The molecular formula is C11H19N5O3S. The summed E-state index contributed by atoms with van der Waals surface area (Å²) in [6, 6.07) is 0. The number of aromatic nitrogens is 2. The molecule has 0 aliphatic carbocycles. The predicted molar refractivity (Wildman–Crippen MR) is 73.2 cm³/mol. The molecule has 1 saturated heterocycles. The Hall–Kier alpha value is -1.29. The molecule has 0 amide bonds. The van der Waals surface area contributed by atoms with E-state index in [-0.39, 0.29) is 10.8 Å². The molecular weight excluding hydrogens is 282 g/mol. The highest BCUT2D eigenvalue weighted by Crippen LogP contribution is 2.19. The molecule has 0 radical (unpaired) electrons. The minimum absolute atomic E-state index is 0.0612. The number of anilines is 1. The maximum atomic E-state index is 12.4. The van der Waals surface area contributed by atoms with E-state index in [1.54, 1.807) is 7.05 Å². The number of nitrogens with one attached hydrogen (secondary N) is 1. The number of hydrogen-bond acceptors (Lipinski definition) is 7. The van der Waals surface area contributed by atoms with Gasteiger partial charge in [-0.25, -0.2) is 28.5 Å². The van der Waals surface area contributed by atoms with Crippen LogP contribution in [-0.2, 0) is 14.8 Å². The minimum atomic E-state index is -3.56. The summed E-state index contributed by atoms with van der Waals surface area (Å²) in [7, 11) is -2.00. The molecule has 112 valence electrons. The monoisotopic (exact) mass is 301 g/mol. The first-order valence-corrected chi connectivity index (χ1v) is 7.81. The van der Waals surface area contributed by atoms with Gasteiger partial charge in [-0.2, -0.15) is 0 Å². The lowest BCUT2D eigenvalue weighted by Crippen LogP contribution is -2.34. The number of nitrogens with zero attached hydrogens (tertiary/aromatic N) is 3. The number of hydrazine groups is 1. The Morgan fingerprint density at radius 1 is 1.40 bits per heavy atom. The molecule has 0 aromatic carbocycles. The minimum Gasteiger partial charge on any atom is -0.381 e. The van der Waals surface area contributed by atoms with Crippen molar-refractivity contribution in [2.24, 2.45) is 11.8 Å². The topological polar surface area (TPSA) is 110 Å². The summed E-state index contributed by atoms with van der Waals surface area (Å²) in [5.41, 5.74) is 2.26. The van der Waals surface area contributed by atoms with E-state index in [0.717, 1.165) is 12.8 Å². The van der Waals surface area contributed by atoms with Crippen LogP contribution in [0.5, 0.6) is 0 Å². The summed E-state index contributed by atoms with van der Waals surface area (Å²) in [4.78, 5) is 7.70. The summed E-state index contributed by atoms with van der Waals surface area (Å²) in [6.45, 7) is 1.86. The lowest BCUT2D eigenvalue weighted by molar-refractivity contribution is 0.0620. The SMILES string of the molecule is CN(CC1CCOCC1)S(=O)(=O)c1cnc(NN)nc1. The largest absolute Gasteiger partial charge is 0.381 e. The van der Waals surface area contributed by atoms with E-state index in [4.69, 9.17) is 10.6 Å². The number of rotatable bonds is 5. The maximum absolute atomic E-state index is 12.4. The molecule has 0 unspecified atom stereocenters. The van der Waals surface area contributed by atoms with Gasteiger partial charge in [-0.1, -0.05) is 0 Å². The van der Waals surface area contributed by atoms with E-state index in [1.807, 2.05) is 0 Å². The molecule has 0 spiro atoms. The summed E-state index contributed by atoms with van der Waals surface area (Å²) in [5, 5.41) is 0. The van der Waals surface area contributed by atoms with Crippen molar-refractivity contribution in [3.05, 3.63) is 12.4 Å². The van der Waals surface area contributed by atoms with E-state index in [0.29, 0.717) is 25.7 Å². The standard InChI is InChI=1S/C11H19N5O3S/c1-16(8-9-2-4-19-5-3-9)20(17,18)10-6-13-11(15-12)14-7-10/h6-7,9H,2-5,8,12H2,1H3,(H,13,14,15). The fraction of sp³-hybridized carbons (Fsp3) is 0.636. The molecule has 0 bridgehead atoms. The molecule has 2 heterocycles. The molecule has 9 heteroatoms. The summed E-state index contributed by atoms with van der Waals surface area (Å²) in [5.74, 6) is 5.65. The van der Waals surface area contributed by atoms with Crippen LogP contribution in [0.25, 0.3) is 0 Å². The molecule has 1 aliphatic heterocycles. The third-order valence-corrected chi connectivity index (χ3v) is 5.10. The van der Waals surface area contributed by atoms with Crippen molar-refractivity contribution in [1.29, 1.82) is 0 Å². The Labute approximate surface area is 118 Å². The first kappa shape index (κ1) is 15.1. The Bertz CT molecular complexity index is 527. The lowest BCUT2D eigenvalue weighted by atomic mass is 10.0. The average molecular weight is 301 g/mol. The fourth-order valence-corrected chi connectivity index (χ4v) is 3.23. The van der Waals surface area contributed by atoms with Crippen LogP contribution >= 0.6 is 0 Å². The van der Waals surface area contributed by atoms with Crippen molar-refractivity contribution in [2.45, 2.75) is 17.7 Å². The van der Waals surface area contributed by atoms with Gasteiger partial charge in [-0.05, 0) is 18.8 Å². The van der Waals surface area contributed by atoms with Gasteiger partial charge >= 0.3 is 0 Å². The fourth-order valence-electron chi connectivity index (χ4n) is 2.09. The second kappa shape index (κ2) is 6.44. The van der Waals surface area contributed by atoms with Crippen molar-refractivity contribution < 1.29 is 13.2 Å². The first-order valence-electron chi connectivity index (χ1n) is 6.37. The number of sulfonamides is 1. The maximum Gasteiger partial charge on any atom is 0.245 e. The molecule has 2 rings (SSSR count). The molecule has 0 atom stereocenters. The number of hydrogen-bond donors (Lipinski definition) is 2. The van der Waals surface area contributed by atoms with Crippen molar-refractivity contribution in [2.75, 3.05) is 32.2 Å². The molecule has 20 heavy (non-hydrogen) atoms. The number of ether oxygens (including phenoxy) is 1. The molecule has 3 N–H and O–H groups in total. The summed E-state index contributed by atoms with van der Waals surface area (Å²) < 4.78 is 31.4. The molecule has 1 fully saturated rings. The third-order valence-electron chi connectivity index (χ3n) is 3.32. The summed E-state index contributed by atoms with van der Waals surface area (Å²) >= 11 is 0. The van der Waals surface area contributed by atoms with Crippen LogP contribution in [-0.4, -0.2) is 49.5 Å². The van der Waals surface area contributed by atoms with Crippen molar-refractivity contribution >= 4 is 16.0 Å².